The van der Waals surface area contributed by atoms with Crippen molar-refractivity contribution < 1.29 is 24.2 Å². The Kier molecular flexibility index (Phi) is 6.44. The first-order valence-electron chi connectivity index (χ1n) is 12.2. The third-order valence-electron chi connectivity index (χ3n) is 7.64. The van der Waals surface area contributed by atoms with Gasteiger partial charge >= 0.3 is 0 Å². The van der Waals surface area contributed by atoms with E-state index in [-0.39, 0.29) is 36.3 Å². The minimum Gasteiger partial charge on any atom is -0.394 e. The lowest BCUT2D eigenvalue weighted by molar-refractivity contribution is -0.153. The Hall–Kier alpha value is -2.19. The molecular formula is C25H37N3O5. The predicted octanol–water partition coefficient (Wildman–Crippen LogP) is 1.20. The van der Waals surface area contributed by atoms with Crippen molar-refractivity contribution >= 4 is 17.7 Å². The number of aliphatic hydroxyl groups excluding tert-OH is 1. The van der Waals surface area contributed by atoms with Crippen LogP contribution in [0.5, 0.6) is 0 Å². The highest BCUT2D eigenvalue weighted by Gasteiger charge is 2.72. The number of hydrogen-bond donors (Lipinski definition) is 1. The molecule has 2 fully saturated rings. The van der Waals surface area contributed by atoms with E-state index in [1.807, 2.05) is 58.9 Å². The third-order valence-corrected chi connectivity index (χ3v) is 7.64. The molecule has 4 aliphatic rings. The summed E-state index contributed by atoms with van der Waals surface area (Å²) in [7, 11) is 0. The quantitative estimate of drug-likeness (QED) is 0.603. The van der Waals surface area contributed by atoms with Crippen LogP contribution < -0.4 is 0 Å². The molecule has 3 amide bonds. The minimum atomic E-state index is -1.23. The molecule has 4 rings (SSSR count). The van der Waals surface area contributed by atoms with Crippen LogP contribution in [0.4, 0.5) is 0 Å². The number of fused-ring (bicyclic) bond motifs is 2. The maximum Gasteiger partial charge on any atom is 0.249 e. The van der Waals surface area contributed by atoms with Crippen LogP contribution in [0.2, 0.25) is 0 Å². The van der Waals surface area contributed by atoms with Gasteiger partial charge in [0.1, 0.15) is 11.6 Å². The summed E-state index contributed by atoms with van der Waals surface area (Å²) in [5.74, 6) is -2.13. The Morgan fingerprint density at radius 3 is 2.42 bits per heavy atom. The van der Waals surface area contributed by atoms with E-state index in [9.17, 15) is 19.5 Å². The van der Waals surface area contributed by atoms with Gasteiger partial charge < -0.3 is 24.5 Å². The highest BCUT2D eigenvalue weighted by atomic mass is 16.5. The molecule has 2 saturated heterocycles. The number of amides is 3. The van der Waals surface area contributed by atoms with Crippen molar-refractivity contribution in [2.45, 2.75) is 70.9 Å². The number of aliphatic hydroxyl groups is 1. The lowest BCUT2D eigenvalue weighted by Crippen LogP contribution is -2.59. The lowest BCUT2D eigenvalue weighted by atomic mass is 9.77. The number of nitrogens with zero attached hydrogens (tertiary/aromatic N) is 3. The van der Waals surface area contributed by atoms with Crippen molar-refractivity contribution in [1.29, 1.82) is 0 Å². The second-order valence-electron chi connectivity index (χ2n) is 10.3. The van der Waals surface area contributed by atoms with Crippen molar-refractivity contribution in [3.05, 3.63) is 24.3 Å². The molecule has 0 aromatic carbocycles. The molecule has 182 valence electrons. The fourth-order valence-electron chi connectivity index (χ4n) is 6.06. The zero-order chi connectivity index (χ0) is 24.1. The third kappa shape index (κ3) is 3.53. The maximum atomic E-state index is 14.1. The smallest absolute Gasteiger partial charge is 0.249 e. The fourth-order valence-corrected chi connectivity index (χ4v) is 6.06. The molecule has 33 heavy (non-hydrogen) atoms. The summed E-state index contributed by atoms with van der Waals surface area (Å²) >= 11 is 0. The van der Waals surface area contributed by atoms with Gasteiger partial charge in [-0.1, -0.05) is 45.1 Å². The van der Waals surface area contributed by atoms with E-state index in [4.69, 9.17) is 4.74 Å². The van der Waals surface area contributed by atoms with Crippen LogP contribution in [-0.4, -0.2) is 93.6 Å². The normalized spacial score (nSPS) is 34.7. The molecule has 0 aromatic heterocycles. The van der Waals surface area contributed by atoms with Gasteiger partial charge in [-0.3, -0.25) is 14.4 Å². The Bertz CT molecular complexity index is 868. The number of carbonyl (C=O) groups excluding carboxylic acids is 3. The molecule has 0 radical (unpaired) electrons. The largest absolute Gasteiger partial charge is 0.394 e. The van der Waals surface area contributed by atoms with E-state index in [0.717, 1.165) is 6.42 Å². The highest BCUT2D eigenvalue weighted by molar-refractivity contribution is 6.00. The Balaban J connectivity index is 1.87. The highest BCUT2D eigenvalue weighted by Crippen LogP contribution is 2.54. The van der Waals surface area contributed by atoms with Gasteiger partial charge in [-0.05, 0) is 26.2 Å². The lowest BCUT2D eigenvalue weighted by Gasteiger charge is -2.40. The summed E-state index contributed by atoms with van der Waals surface area (Å²) < 4.78 is 6.60. The van der Waals surface area contributed by atoms with Gasteiger partial charge in [0.25, 0.3) is 0 Å². The summed E-state index contributed by atoms with van der Waals surface area (Å²) in [6.45, 7) is 11.0. The summed E-state index contributed by atoms with van der Waals surface area (Å²) in [6, 6.07) is -1.52. The second kappa shape index (κ2) is 8.87. The standard InChI is InChI=1S/C25H37N3O5/c1-6-11-26-12-7-9-18-19(22(26)30)20-23(31)28(17(14-29)15(2)3)21-24(32)27(16(4)5)13-8-10-25(20,21)33-18/h7-10,15-21,29H,6,11-14H2,1-5H3/t17-,18+,19-,20-,21?,25-/m0/s1. The van der Waals surface area contributed by atoms with Crippen LogP contribution in [-0.2, 0) is 19.1 Å². The second-order valence-corrected chi connectivity index (χ2v) is 10.3. The topological polar surface area (TPSA) is 90.4 Å². The fraction of sp³-hybridized carbons (Fsp3) is 0.720. The average molecular weight is 460 g/mol. The van der Waals surface area contributed by atoms with Crippen molar-refractivity contribution in [2.75, 3.05) is 26.2 Å². The SMILES string of the molecule is CCCN1CC=C[C@H]2O[C@]34C=CCN(C(C)C)C(=O)C3N([C@@H](CO)C(C)C)C(=O)[C@@H]4[C@H]2C1=O. The van der Waals surface area contributed by atoms with Gasteiger partial charge in [-0.15, -0.1) is 0 Å². The van der Waals surface area contributed by atoms with Gasteiger partial charge in [0, 0.05) is 25.7 Å². The Labute approximate surface area is 196 Å². The van der Waals surface area contributed by atoms with E-state index in [0.29, 0.717) is 19.6 Å². The molecule has 6 atom stereocenters. The Morgan fingerprint density at radius 2 is 1.82 bits per heavy atom. The van der Waals surface area contributed by atoms with Crippen LogP contribution >= 0.6 is 0 Å². The monoisotopic (exact) mass is 459 g/mol. The van der Waals surface area contributed by atoms with Crippen LogP contribution in [0.25, 0.3) is 0 Å². The number of rotatable bonds is 6. The zero-order valence-electron chi connectivity index (χ0n) is 20.3. The number of hydrogen-bond acceptors (Lipinski definition) is 5. The molecule has 8 heteroatoms. The van der Waals surface area contributed by atoms with Gasteiger partial charge in [-0.2, -0.15) is 0 Å². The maximum absolute atomic E-state index is 14.1. The first-order chi connectivity index (χ1) is 15.7. The van der Waals surface area contributed by atoms with Crippen LogP contribution in [0.3, 0.4) is 0 Å². The van der Waals surface area contributed by atoms with Crippen molar-refractivity contribution in [3.63, 3.8) is 0 Å². The van der Waals surface area contributed by atoms with Crippen LogP contribution in [0.1, 0.15) is 41.0 Å². The summed E-state index contributed by atoms with van der Waals surface area (Å²) in [4.78, 5) is 46.8. The Morgan fingerprint density at radius 1 is 1.09 bits per heavy atom. The van der Waals surface area contributed by atoms with E-state index in [1.54, 1.807) is 14.7 Å². The van der Waals surface area contributed by atoms with Crippen molar-refractivity contribution in [3.8, 4) is 0 Å². The van der Waals surface area contributed by atoms with Gasteiger partial charge in [-0.25, -0.2) is 0 Å². The zero-order valence-corrected chi connectivity index (χ0v) is 20.3. The number of likely N-dealkylation sites (tertiary alicyclic amines) is 1. The van der Waals surface area contributed by atoms with E-state index in [1.165, 1.54) is 0 Å². The summed E-state index contributed by atoms with van der Waals surface area (Å²) in [5, 5.41) is 10.2. The predicted molar refractivity (Wildman–Crippen MR) is 123 cm³/mol. The average Bonchev–Trinajstić information content (AvgIpc) is 3.07. The minimum absolute atomic E-state index is 0.0617. The number of ether oxygens (including phenoxy) is 1. The molecule has 1 unspecified atom stereocenters. The van der Waals surface area contributed by atoms with Crippen molar-refractivity contribution in [2.24, 2.45) is 17.8 Å². The first-order valence-corrected chi connectivity index (χ1v) is 12.2. The van der Waals surface area contributed by atoms with Gasteiger partial charge in [0.05, 0.1) is 30.6 Å². The molecule has 0 aromatic rings. The molecule has 0 aliphatic carbocycles. The van der Waals surface area contributed by atoms with E-state index < -0.39 is 35.6 Å². The van der Waals surface area contributed by atoms with Crippen molar-refractivity contribution in [1.82, 2.24) is 14.7 Å². The molecule has 1 N–H and O–H groups in total. The van der Waals surface area contributed by atoms with E-state index in [2.05, 4.69) is 0 Å². The van der Waals surface area contributed by atoms with Crippen LogP contribution in [0, 0.1) is 17.8 Å². The van der Waals surface area contributed by atoms with Gasteiger partial charge in [0.15, 0.2) is 0 Å². The van der Waals surface area contributed by atoms with Crippen LogP contribution in [0.15, 0.2) is 24.3 Å². The number of carbonyl (C=O) groups is 3. The molecule has 0 bridgehead atoms. The first kappa shape index (κ1) is 24.0. The van der Waals surface area contributed by atoms with E-state index >= 15 is 0 Å². The summed E-state index contributed by atoms with van der Waals surface area (Å²) in [5.41, 5.74) is -1.23. The molecular weight excluding hydrogens is 422 g/mol. The molecule has 1 spiro atoms. The molecule has 8 nitrogen and oxygen atoms in total. The summed E-state index contributed by atoms with van der Waals surface area (Å²) in [6.07, 6.45) is 7.82. The molecule has 4 heterocycles. The molecule has 4 aliphatic heterocycles. The molecule has 0 saturated carbocycles. The van der Waals surface area contributed by atoms with Gasteiger partial charge in [0.2, 0.25) is 17.7 Å².